The van der Waals surface area contributed by atoms with E-state index in [1.165, 1.54) is 16.9 Å². The quantitative estimate of drug-likeness (QED) is 0.714. The standard InChI is InChI=1S/C14H12Br2N2OS/c15-12-6-11(13(16)20-12)14(19)18-4-3-8-1-2-10(17)5-9(8)7-18/h1-2,5-6H,3-4,7,17H2. The van der Waals surface area contributed by atoms with Gasteiger partial charge in [0.1, 0.15) is 0 Å². The number of rotatable bonds is 1. The first-order chi connectivity index (χ1) is 9.54. The minimum Gasteiger partial charge on any atom is -0.399 e. The minimum atomic E-state index is 0.0619. The maximum Gasteiger partial charge on any atom is 0.256 e. The molecule has 1 aliphatic rings. The summed E-state index contributed by atoms with van der Waals surface area (Å²) < 4.78 is 1.82. The Balaban J connectivity index is 1.86. The first kappa shape index (κ1) is 14.1. The van der Waals surface area contributed by atoms with E-state index in [0.717, 1.165) is 31.8 Å². The van der Waals surface area contributed by atoms with Gasteiger partial charge in [-0.15, -0.1) is 11.3 Å². The molecular formula is C14H12Br2N2OS. The molecule has 1 amide bonds. The van der Waals surface area contributed by atoms with Crippen molar-refractivity contribution < 1.29 is 4.79 Å². The lowest BCUT2D eigenvalue weighted by atomic mass is 9.99. The highest BCUT2D eigenvalue weighted by atomic mass is 79.9. The molecule has 0 saturated carbocycles. The van der Waals surface area contributed by atoms with Gasteiger partial charge in [0.05, 0.1) is 13.1 Å². The Kier molecular flexibility index (Phi) is 3.88. The largest absolute Gasteiger partial charge is 0.399 e. The molecule has 0 fully saturated rings. The Hall–Kier alpha value is -0.850. The smallest absolute Gasteiger partial charge is 0.256 e. The molecule has 0 aliphatic carbocycles. The molecule has 0 bridgehead atoms. The third-order valence-corrected chi connectivity index (χ3v) is 5.76. The molecule has 0 unspecified atom stereocenters. The predicted molar refractivity (Wildman–Crippen MR) is 89.0 cm³/mol. The van der Waals surface area contributed by atoms with Crippen LogP contribution in [0.4, 0.5) is 5.69 Å². The summed E-state index contributed by atoms with van der Waals surface area (Å²) in [7, 11) is 0. The van der Waals surface area contributed by atoms with Gasteiger partial charge in [-0.05, 0) is 67.6 Å². The number of benzene rings is 1. The van der Waals surface area contributed by atoms with Crippen LogP contribution >= 0.6 is 43.2 Å². The highest BCUT2D eigenvalue weighted by Gasteiger charge is 2.24. The van der Waals surface area contributed by atoms with Gasteiger partial charge in [-0.1, -0.05) is 6.07 Å². The number of amides is 1. The Morgan fingerprint density at radius 3 is 2.75 bits per heavy atom. The fourth-order valence-electron chi connectivity index (χ4n) is 2.41. The van der Waals surface area contributed by atoms with Crippen LogP contribution in [-0.4, -0.2) is 17.4 Å². The Labute approximate surface area is 138 Å². The molecule has 20 heavy (non-hydrogen) atoms. The van der Waals surface area contributed by atoms with E-state index in [0.29, 0.717) is 12.1 Å². The first-order valence-electron chi connectivity index (χ1n) is 6.16. The van der Waals surface area contributed by atoms with E-state index in [9.17, 15) is 4.79 Å². The average molecular weight is 416 g/mol. The van der Waals surface area contributed by atoms with Crippen molar-refractivity contribution in [3.05, 3.63) is 48.5 Å². The van der Waals surface area contributed by atoms with Crippen molar-refractivity contribution in [3.63, 3.8) is 0 Å². The predicted octanol–water partition coefficient (Wildman–Crippen LogP) is 4.05. The maximum atomic E-state index is 12.6. The van der Waals surface area contributed by atoms with Gasteiger partial charge in [-0.3, -0.25) is 4.79 Å². The molecule has 1 aliphatic heterocycles. The molecular weight excluding hydrogens is 404 g/mol. The first-order valence-corrected chi connectivity index (χ1v) is 8.56. The van der Waals surface area contributed by atoms with Crippen molar-refractivity contribution >= 4 is 54.8 Å². The molecule has 104 valence electrons. The SMILES string of the molecule is Nc1ccc2c(c1)CN(C(=O)c1cc(Br)sc1Br)CC2. The highest BCUT2D eigenvalue weighted by Crippen LogP contribution is 2.33. The topological polar surface area (TPSA) is 46.3 Å². The number of thiophene rings is 1. The molecule has 1 aromatic carbocycles. The third kappa shape index (κ3) is 2.64. The molecule has 0 spiro atoms. The Morgan fingerprint density at radius 2 is 2.05 bits per heavy atom. The number of halogens is 2. The number of fused-ring (bicyclic) bond motifs is 1. The van der Waals surface area contributed by atoms with E-state index in [1.54, 1.807) is 0 Å². The molecule has 2 aromatic rings. The second-order valence-corrected chi connectivity index (χ2v) is 8.49. The lowest BCUT2D eigenvalue weighted by molar-refractivity contribution is 0.0734. The van der Waals surface area contributed by atoms with Gasteiger partial charge in [0, 0.05) is 18.8 Å². The summed E-state index contributed by atoms with van der Waals surface area (Å²) in [5.74, 6) is 0.0619. The van der Waals surface area contributed by atoms with E-state index >= 15 is 0 Å². The van der Waals surface area contributed by atoms with Gasteiger partial charge in [0.2, 0.25) is 0 Å². The van der Waals surface area contributed by atoms with E-state index < -0.39 is 0 Å². The number of carbonyl (C=O) groups excluding carboxylic acids is 1. The van der Waals surface area contributed by atoms with Crippen LogP contribution < -0.4 is 5.73 Å². The second-order valence-electron chi connectivity index (χ2n) is 4.74. The summed E-state index contributed by atoms with van der Waals surface area (Å²) in [6.45, 7) is 1.37. The summed E-state index contributed by atoms with van der Waals surface area (Å²) in [4.78, 5) is 14.5. The average Bonchev–Trinajstić information content (AvgIpc) is 2.76. The molecule has 6 heteroatoms. The number of anilines is 1. The van der Waals surface area contributed by atoms with Gasteiger partial charge >= 0.3 is 0 Å². The van der Waals surface area contributed by atoms with Gasteiger partial charge in [-0.2, -0.15) is 0 Å². The summed E-state index contributed by atoms with van der Waals surface area (Å²) in [6, 6.07) is 7.81. The number of hydrogen-bond acceptors (Lipinski definition) is 3. The zero-order valence-corrected chi connectivity index (χ0v) is 14.5. The van der Waals surface area contributed by atoms with E-state index in [1.807, 2.05) is 23.1 Å². The zero-order chi connectivity index (χ0) is 14.3. The van der Waals surface area contributed by atoms with Crippen LogP contribution in [0.3, 0.4) is 0 Å². The minimum absolute atomic E-state index is 0.0619. The fourth-order valence-corrected chi connectivity index (χ4v) is 5.18. The van der Waals surface area contributed by atoms with Crippen LogP contribution in [0, 0.1) is 0 Å². The lowest BCUT2D eigenvalue weighted by Crippen LogP contribution is -2.35. The zero-order valence-electron chi connectivity index (χ0n) is 10.5. The number of nitrogens with two attached hydrogens (primary N) is 1. The van der Waals surface area contributed by atoms with Crippen molar-refractivity contribution in [3.8, 4) is 0 Å². The maximum absolute atomic E-state index is 12.6. The summed E-state index contributed by atoms with van der Waals surface area (Å²) in [6.07, 6.45) is 0.879. The molecule has 2 N–H and O–H groups in total. The molecule has 0 atom stereocenters. The van der Waals surface area contributed by atoms with Gasteiger partial charge in [0.15, 0.2) is 0 Å². The summed E-state index contributed by atoms with van der Waals surface area (Å²) in [5.41, 5.74) is 9.73. The molecule has 2 heterocycles. The highest BCUT2D eigenvalue weighted by molar-refractivity contribution is 9.12. The van der Waals surface area contributed by atoms with E-state index in [-0.39, 0.29) is 5.91 Å². The van der Waals surface area contributed by atoms with Crippen LogP contribution in [0.2, 0.25) is 0 Å². The summed E-state index contributed by atoms with van der Waals surface area (Å²) in [5, 5.41) is 0. The normalized spacial score (nSPS) is 14.2. The third-order valence-electron chi connectivity index (χ3n) is 3.42. The van der Waals surface area contributed by atoms with Crippen LogP contribution in [0.25, 0.3) is 0 Å². The van der Waals surface area contributed by atoms with Crippen molar-refractivity contribution in [2.45, 2.75) is 13.0 Å². The Bertz CT molecular complexity index is 684. The summed E-state index contributed by atoms with van der Waals surface area (Å²) >= 11 is 8.38. The molecule has 3 nitrogen and oxygen atoms in total. The molecule has 0 radical (unpaired) electrons. The molecule has 3 rings (SSSR count). The molecule has 1 aromatic heterocycles. The van der Waals surface area contributed by atoms with Crippen molar-refractivity contribution in [1.29, 1.82) is 0 Å². The fraction of sp³-hybridized carbons (Fsp3) is 0.214. The van der Waals surface area contributed by atoms with Crippen molar-refractivity contribution in [2.75, 3.05) is 12.3 Å². The van der Waals surface area contributed by atoms with Gasteiger partial charge < -0.3 is 10.6 Å². The number of hydrogen-bond donors (Lipinski definition) is 1. The van der Waals surface area contributed by atoms with Crippen molar-refractivity contribution in [2.24, 2.45) is 0 Å². The second kappa shape index (κ2) is 5.50. The number of nitrogen functional groups attached to an aromatic ring is 1. The monoisotopic (exact) mass is 414 g/mol. The Morgan fingerprint density at radius 1 is 1.25 bits per heavy atom. The van der Waals surface area contributed by atoms with Crippen LogP contribution in [-0.2, 0) is 13.0 Å². The van der Waals surface area contributed by atoms with Gasteiger partial charge in [0.25, 0.3) is 5.91 Å². The number of carbonyl (C=O) groups is 1. The van der Waals surface area contributed by atoms with Crippen LogP contribution in [0.15, 0.2) is 31.8 Å². The van der Waals surface area contributed by atoms with Crippen molar-refractivity contribution in [1.82, 2.24) is 4.90 Å². The van der Waals surface area contributed by atoms with Gasteiger partial charge in [-0.25, -0.2) is 0 Å². The van der Waals surface area contributed by atoms with E-state index in [4.69, 9.17) is 5.73 Å². The van der Waals surface area contributed by atoms with Crippen LogP contribution in [0.5, 0.6) is 0 Å². The van der Waals surface area contributed by atoms with E-state index in [2.05, 4.69) is 37.9 Å². The molecule has 0 saturated heterocycles. The van der Waals surface area contributed by atoms with Crippen LogP contribution in [0.1, 0.15) is 21.5 Å². The number of nitrogens with zero attached hydrogens (tertiary/aromatic N) is 1. The lowest BCUT2D eigenvalue weighted by Gasteiger charge is -2.29.